The summed E-state index contributed by atoms with van der Waals surface area (Å²) in [6.45, 7) is 8.63. The highest BCUT2D eigenvalue weighted by atomic mass is 79.9. The molecule has 1 nitrogen and oxygen atoms in total. The fourth-order valence-corrected chi connectivity index (χ4v) is 3.80. The molecular weight excluding hydrogens is 312 g/mol. The third-order valence-electron chi connectivity index (χ3n) is 5.14. The van der Waals surface area contributed by atoms with Crippen molar-refractivity contribution in [3.05, 3.63) is 33.8 Å². The molecule has 1 saturated carbocycles. The Morgan fingerprint density at radius 1 is 1.21 bits per heavy atom. The number of benzene rings is 1. The highest BCUT2D eigenvalue weighted by Crippen LogP contribution is 2.69. The molecule has 0 saturated heterocycles. The normalized spacial score (nSPS) is 22.3. The Kier molecular flexibility index (Phi) is 3.55. The molecule has 1 aliphatic rings. The summed E-state index contributed by atoms with van der Waals surface area (Å²) < 4.78 is 28.0. The standard InChI is InChI=1S/C15H20BrF2N/c1-14(2)13(15(14,3)4)11(19)7-8-10(17)6-5-9(16)12(8)18/h5-6,11,13H,7,19H2,1-4H3. The Hall–Kier alpha value is -0.480. The van der Waals surface area contributed by atoms with E-state index in [9.17, 15) is 8.78 Å². The topological polar surface area (TPSA) is 26.0 Å². The molecule has 2 rings (SSSR count). The van der Waals surface area contributed by atoms with Crippen molar-refractivity contribution in [1.29, 1.82) is 0 Å². The first kappa shape index (κ1) is 14.9. The van der Waals surface area contributed by atoms with Crippen molar-refractivity contribution < 1.29 is 8.78 Å². The molecule has 19 heavy (non-hydrogen) atoms. The monoisotopic (exact) mass is 331 g/mol. The molecule has 0 spiro atoms. The van der Waals surface area contributed by atoms with Gasteiger partial charge in [-0.1, -0.05) is 27.7 Å². The molecule has 1 unspecified atom stereocenters. The largest absolute Gasteiger partial charge is 0.327 e. The summed E-state index contributed by atoms with van der Waals surface area (Å²) in [7, 11) is 0. The first-order chi connectivity index (χ1) is 8.60. The van der Waals surface area contributed by atoms with Crippen molar-refractivity contribution in [2.75, 3.05) is 0 Å². The minimum absolute atomic E-state index is 0.0837. The fraction of sp³-hybridized carbons (Fsp3) is 0.600. The zero-order valence-corrected chi connectivity index (χ0v) is 13.3. The third kappa shape index (κ3) is 2.23. The second kappa shape index (κ2) is 4.52. The lowest BCUT2D eigenvalue weighted by Crippen LogP contribution is -2.29. The van der Waals surface area contributed by atoms with E-state index in [1.54, 1.807) is 0 Å². The van der Waals surface area contributed by atoms with Gasteiger partial charge in [0.15, 0.2) is 0 Å². The van der Waals surface area contributed by atoms with Gasteiger partial charge in [0.1, 0.15) is 11.6 Å². The maximum absolute atomic E-state index is 13.9. The van der Waals surface area contributed by atoms with Crippen molar-refractivity contribution in [3.8, 4) is 0 Å². The minimum atomic E-state index is -0.535. The van der Waals surface area contributed by atoms with Crippen molar-refractivity contribution in [1.82, 2.24) is 0 Å². The first-order valence-electron chi connectivity index (χ1n) is 6.48. The molecule has 0 amide bonds. The summed E-state index contributed by atoms with van der Waals surface area (Å²) in [5.41, 5.74) is 6.52. The summed E-state index contributed by atoms with van der Waals surface area (Å²) in [6, 6.07) is 2.42. The predicted octanol–water partition coefficient (Wildman–Crippen LogP) is 4.28. The van der Waals surface area contributed by atoms with E-state index in [0.29, 0.717) is 0 Å². The molecule has 0 bridgehead atoms. The second-order valence-electron chi connectivity index (χ2n) is 6.61. The first-order valence-corrected chi connectivity index (χ1v) is 7.28. The zero-order valence-electron chi connectivity index (χ0n) is 11.7. The minimum Gasteiger partial charge on any atom is -0.327 e. The Labute approximate surface area is 121 Å². The van der Waals surface area contributed by atoms with Crippen LogP contribution >= 0.6 is 15.9 Å². The van der Waals surface area contributed by atoms with Gasteiger partial charge in [-0.05, 0) is 51.2 Å². The van der Waals surface area contributed by atoms with Crippen molar-refractivity contribution >= 4 is 15.9 Å². The molecule has 0 aliphatic heterocycles. The van der Waals surface area contributed by atoms with Crippen LogP contribution in [0, 0.1) is 28.4 Å². The van der Waals surface area contributed by atoms with Gasteiger partial charge in [-0.15, -0.1) is 0 Å². The molecule has 0 radical (unpaired) electrons. The summed E-state index contributed by atoms with van der Waals surface area (Å²) >= 11 is 3.09. The van der Waals surface area contributed by atoms with Gasteiger partial charge >= 0.3 is 0 Å². The Morgan fingerprint density at radius 3 is 2.21 bits per heavy atom. The Morgan fingerprint density at radius 2 is 1.74 bits per heavy atom. The van der Waals surface area contributed by atoms with Crippen LogP contribution in [-0.4, -0.2) is 6.04 Å². The second-order valence-corrected chi connectivity index (χ2v) is 7.47. The van der Waals surface area contributed by atoms with Gasteiger partial charge < -0.3 is 5.73 Å². The summed E-state index contributed by atoms with van der Waals surface area (Å²) in [6.07, 6.45) is 0.231. The predicted molar refractivity (Wildman–Crippen MR) is 76.8 cm³/mol. The van der Waals surface area contributed by atoms with Crippen LogP contribution in [0.4, 0.5) is 8.78 Å². The van der Waals surface area contributed by atoms with Crippen LogP contribution in [-0.2, 0) is 6.42 Å². The quantitative estimate of drug-likeness (QED) is 0.822. The lowest BCUT2D eigenvalue weighted by Gasteiger charge is -2.15. The van der Waals surface area contributed by atoms with Crippen LogP contribution in [0.5, 0.6) is 0 Å². The van der Waals surface area contributed by atoms with Crippen molar-refractivity contribution in [3.63, 3.8) is 0 Å². The maximum atomic E-state index is 13.9. The van der Waals surface area contributed by atoms with E-state index in [-0.39, 0.29) is 39.2 Å². The molecule has 1 atom stereocenters. The van der Waals surface area contributed by atoms with Crippen molar-refractivity contribution in [2.45, 2.75) is 40.2 Å². The molecule has 2 N–H and O–H groups in total. The van der Waals surface area contributed by atoms with Gasteiger partial charge in [-0.2, -0.15) is 0 Å². The van der Waals surface area contributed by atoms with Crippen molar-refractivity contribution in [2.24, 2.45) is 22.5 Å². The van der Waals surface area contributed by atoms with Gasteiger partial charge in [0, 0.05) is 11.6 Å². The molecule has 1 aromatic carbocycles. The van der Waals surface area contributed by atoms with Crippen LogP contribution in [0.1, 0.15) is 33.3 Å². The number of halogens is 3. The lowest BCUT2D eigenvalue weighted by molar-refractivity contribution is 0.457. The van der Waals surface area contributed by atoms with Crippen LogP contribution in [0.2, 0.25) is 0 Å². The van der Waals surface area contributed by atoms with Gasteiger partial charge in [-0.25, -0.2) is 8.78 Å². The van der Waals surface area contributed by atoms with Gasteiger partial charge in [0.05, 0.1) is 4.47 Å². The Bertz CT molecular complexity index is 497. The van der Waals surface area contributed by atoms with E-state index in [1.807, 2.05) is 0 Å². The third-order valence-corrected chi connectivity index (χ3v) is 5.75. The fourth-order valence-electron chi connectivity index (χ4n) is 3.43. The number of hydrogen-bond acceptors (Lipinski definition) is 1. The van der Waals surface area contributed by atoms with E-state index in [0.717, 1.165) is 0 Å². The lowest BCUT2D eigenvalue weighted by atomic mass is 9.97. The van der Waals surface area contributed by atoms with Gasteiger partial charge in [0.25, 0.3) is 0 Å². The molecule has 106 valence electrons. The highest BCUT2D eigenvalue weighted by Gasteiger charge is 2.66. The van der Waals surface area contributed by atoms with Gasteiger partial charge in [0.2, 0.25) is 0 Å². The van der Waals surface area contributed by atoms with Crippen LogP contribution < -0.4 is 5.73 Å². The average molecular weight is 332 g/mol. The number of nitrogens with two attached hydrogens (primary N) is 1. The number of hydrogen-bond donors (Lipinski definition) is 1. The molecule has 1 fully saturated rings. The molecular formula is C15H20BrF2N. The summed E-state index contributed by atoms with van der Waals surface area (Å²) in [5, 5.41) is 0. The summed E-state index contributed by atoms with van der Waals surface area (Å²) in [5.74, 6) is -0.781. The molecule has 0 heterocycles. The van der Waals surface area contributed by atoms with E-state index in [4.69, 9.17) is 5.73 Å². The molecule has 0 aromatic heterocycles. The van der Waals surface area contributed by atoms with E-state index in [2.05, 4.69) is 43.6 Å². The smallest absolute Gasteiger partial charge is 0.143 e. The zero-order chi connectivity index (χ0) is 14.6. The van der Waals surface area contributed by atoms with Crippen LogP contribution in [0.3, 0.4) is 0 Å². The average Bonchev–Trinajstić information content (AvgIpc) is 2.70. The van der Waals surface area contributed by atoms with Crippen LogP contribution in [0.25, 0.3) is 0 Å². The van der Waals surface area contributed by atoms with E-state index < -0.39 is 11.6 Å². The van der Waals surface area contributed by atoms with E-state index >= 15 is 0 Å². The Balaban J connectivity index is 2.22. The maximum Gasteiger partial charge on any atom is 0.143 e. The SMILES string of the molecule is CC1(C)C(C(N)Cc2c(F)ccc(Br)c2F)C1(C)C. The number of rotatable bonds is 3. The highest BCUT2D eigenvalue weighted by molar-refractivity contribution is 9.10. The molecule has 4 heteroatoms. The van der Waals surface area contributed by atoms with Gasteiger partial charge in [-0.3, -0.25) is 0 Å². The summed E-state index contributed by atoms with van der Waals surface area (Å²) in [4.78, 5) is 0. The molecule has 1 aliphatic carbocycles. The van der Waals surface area contributed by atoms with E-state index in [1.165, 1.54) is 12.1 Å². The molecule has 1 aromatic rings. The van der Waals surface area contributed by atoms with Crippen LogP contribution in [0.15, 0.2) is 16.6 Å².